The average molecular weight is 364 g/mol. The highest BCUT2D eigenvalue weighted by molar-refractivity contribution is 8.00. The molecule has 0 bridgehead atoms. The van der Waals surface area contributed by atoms with Crippen molar-refractivity contribution in [2.75, 3.05) is 16.4 Å². The fourth-order valence-corrected chi connectivity index (χ4v) is 2.98. The lowest BCUT2D eigenvalue weighted by Gasteiger charge is -2.23. The Balaban J connectivity index is 1.63. The molecule has 5 nitrogen and oxygen atoms in total. The molecule has 2 amide bonds. The van der Waals surface area contributed by atoms with E-state index in [-0.39, 0.29) is 22.5 Å². The van der Waals surface area contributed by atoms with Crippen molar-refractivity contribution < 1.29 is 23.1 Å². The van der Waals surface area contributed by atoms with Crippen LogP contribution in [0, 0.1) is 11.6 Å². The van der Waals surface area contributed by atoms with E-state index < -0.39 is 17.7 Å². The van der Waals surface area contributed by atoms with E-state index >= 15 is 0 Å². The van der Waals surface area contributed by atoms with E-state index in [4.69, 9.17) is 4.74 Å². The molecule has 2 aromatic rings. The molecule has 0 aromatic heterocycles. The number of hydrogen-bond donors (Lipinski definition) is 2. The van der Waals surface area contributed by atoms with Gasteiger partial charge in [0.15, 0.2) is 6.10 Å². The second-order valence-corrected chi connectivity index (χ2v) is 6.39. The molecule has 1 aliphatic rings. The molecule has 1 aliphatic heterocycles. The number of fused-ring (bicyclic) bond motifs is 1. The molecule has 0 fully saturated rings. The Morgan fingerprint density at radius 1 is 1.28 bits per heavy atom. The second-order valence-electron chi connectivity index (χ2n) is 5.37. The first-order valence-electron chi connectivity index (χ1n) is 7.41. The number of hydrogen-bond acceptors (Lipinski definition) is 4. The van der Waals surface area contributed by atoms with Crippen molar-refractivity contribution in [3.8, 4) is 5.75 Å². The number of carbonyl (C=O) groups is 2. The Morgan fingerprint density at radius 2 is 2.08 bits per heavy atom. The third-order valence-corrected chi connectivity index (χ3v) is 4.48. The second kappa shape index (κ2) is 7.10. The molecule has 0 spiro atoms. The first-order valence-corrected chi connectivity index (χ1v) is 8.40. The molecule has 0 radical (unpaired) electrons. The summed E-state index contributed by atoms with van der Waals surface area (Å²) in [6.07, 6.45) is -0.578. The van der Waals surface area contributed by atoms with Gasteiger partial charge >= 0.3 is 0 Å². The van der Waals surface area contributed by atoms with Crippen LogP contribution in [-0.2, 0) is 9.59 Å². The van der Waals surface area contributed by atoms with Crippen molar-refractivity contribution in [3.05, 3.63) is 48.0 Å². The number of carbonyl (C=O) groups excluding carboxylic acids is 2. The molecule has 0 unspecified atom stereocenters. The van der Waals surface area contributed by atoms with Crippen LogP contribution in [0.3, 0.4) is 0 Å². The topological polar surface area (TPSA) is 67.4 Å². The molecule has 0 aliphatic carbocycles. The van der Waals surface area contributed by atoms with Gasteiger partial charge in [0.05, 0.1) is 11.4 Å². The van der Waals surface area contributed by atoms with Crippen molar-refractivity contribution in [1.29, 1.82) is 0 Å². The highest BCUT2D eigenvalue weighted by atomic mass is 32.2. The van der Waals surface area contributed by atoms with Gasteiger partial charge in [-0.1, -0.05) is 0 Å². The predicted octanol–water partition coefficient (Wildman–Crippen LogP) is 3.42. The fraction of sp³-hybridized carbons (Fsp3) is 0.176. The summed E-state index contributed by atoms with van der Waals surface area (Å²) in [4.78, 5) is 23.7. The third-order valence-electron chi connectivity index (χ3n) is 3.45. The number of anilines is 2. The van der Waals surface area contributed by atoms with Gasteiger partial charge in [-0.15, -0.1) is 11.8 Å². The van der Waals surface area contributed by atoms with Gasteiger partial charge < -0.3 is 15.4 Å². The Bertz CT molecular complexity index is 845. The van der Waals surface area contributed by atoms with Gasteiger partial charge in [0.2, 0.25) is 5.91 Å². The van der Waals surface area contributed by atoms with E-state index in [1.54, 1.807) is 25.1 Å². The fourth-order valence-electron chi connectivity index (χ4n) is 2.21. The maximum Gasteiger partial charge on any atom is 0.265 e. The molecule has 2 aromatic carbocycles. The Hall–Kier alpha value is -2.61. The summed E-state index contributed by atoms with van der Waals surface area (Å²) in [7, 11) is 0. The zero-order valence-electron chi connectivity index (χ0n) is 13.1. The largest absolute Gasteiger partial charge is 0.479 e. The first-order chi connectivity index (χ1) is 11.9. The summed E-state index contributed by atoms with van der Waals surface area (Å²) in [5.41, 5.74) is 0.923. The van der Waals surface area contributed by atoms with E-state index in [9.17, 15) is 18.4 Å². The minimum Gasteiger partial charge on any atom is -0.479 e. The van der Waals surface area contributed by atoms with Crippen LogP contribution in [0.4, 0.5) is 20.2 Å². The lowest BCUT2D eigenvalue weighted by atomic mass is 10.2. The van der Waals surface area contributed by atoms with Crippen LogP contribution in [0.25, 0.3) is 0 Å². The molecule has 130 valence electrons. The van der Waals surface area contributed by atoms with E-state index in [0.717, 1.165) is 30.0 Å². The Labute approximate surface area is 146 Å². The molecular weight excluding hydrogens is 350 g/mol. The molecule has 0 saturated heterocycles. The molecule has 1 atom stereocenters. The quantitative estimate of drug-likeness (QED) is 0.816. The number of ether oxygens (including phenoxy) is 1. The number of rotatable bonds is 4. The van der Waals surface area contributed by atoms with Gasteiger partial charge in [0.25, 0.3) is 5.91 Å². The standard InChI is InChI=1S/C17H14F2N2O3S/c1-9-17(23)21-13-7-11(3-5-14(13)24-9)20-16(22)8-25-15-6-10(18)2-4-12(15)19/h2-7,9H,8H2,1H3,(H,20,22)(H,21,23)/t9-/m0/s1. The monoisotopic (exact) mass is 364 g/mol. The maximum absolute atomic E-state index is 13.5. The minimum atomic E-state index is -0.582. The molecule has 2 N–H and O–H groups in total. The average Bonchev–Trinajstić information content (AvgIpc) is 2.57. The number of nitrogens with one attached hydrogen (secondary N) is 2. The molecule has 25 heavy (non-hydrogen) atoms. The minimum absolute atomic E-state index is 0.0650. The summed E-state index contributed by atoms with van der Waals surface area (Å²) >= 11 is 0.897. The van der Waals surface area contributed by atoms with E-state index in [2.05, 4.69) is 10.6 Å². The summed E-state index contributed by atoms with van der Waals surface area (Å²) in [6.45, 7) is 1.64. The van der Waals surface area contributed by atoms with E-state index in [1.165, 1.54) is 0 Å². The van der Waals surface area contributed by atoms with Gasteiger partial charge in [-0.2, -0.15) is 0 Å². The van der Waals surface area contributed by atoms with Gasteiger partial charge in [-0.25, -0.2) is 8.78 Å². The number of thioether (sulfide) groups is 1. The van der Waals surface area contributed by atoms with Crippen LogP contribution in [-0.4, -0.2) is 23.7 Å². The van der Waals surface area contributed by atoms with Gasteiger partial charge in [-0.3, -0.25) is 9.59 Å². The third kappa shape index (κ3) is 4.08. The van der Waals surface area contributed by atoms with E-state index in [0.29, 0.717) is 17.1 Å². The van der Waals surface area contributed by atoms with Crippen molar-refractivity contribution in [2.24, 2.45) is 0 Å². The highest BCUT2D eigenvalue weighted by Crippen LogP contribution is 2.32. The van der Waals surface area contributed by atoms with Crippen LogP contribution in [0.2, 0.25) is 0 Å². The molecule has 3 rings (SSSR count). The van der Waals surface area contributed by atoms with Crippen molar-refractivity contribution in [3.63, 3.8) is 0 Å². The van der Waals surface area contributed by atoms with Crippen molar-refractivity contribution in [1.82, 2.24) is 0 Å². The molecular formula is C17H14F2N2O3S. The molecule has 8 heteroatoms. The van der Waals surface area contributed by atoms with Crippen molar-refractivity contribution in [2.45, 2.75) is 17.9 Å². The van der Waals surface area contributed by atoms with Crippen LogP contribution in [0.15, 0.2) is 41.3 Å². The highest BCUT2D eigenvalue weighted by Gasteiger charge is 2.23. The molecule has 0 saturated carbocycles. The lowest BCUT2D eigenvalue weighted by Crippen LogP contribution is -2.34. The van der Waals surface area contributed by atoms with Gasteiger partial charge in [0.1, 0.15) is 17.4 Å². The number of amides is 2. The summed E-state index contributed by atoms with van der Waals surface area (Å²) in [6, 6.07) is 7.92. The summed E-state index contributed by atoms with van der Waals surface area (Å²) < 4.78 is 32.1. The van der Waals surface area contributed by atoms with Gasteiger partial charge in [0, 0.05) is 10.6 Å². The van der Waals surface area contributed by atoms with Crippen LogP contribution in [0.1, 0.15) is 6.92 Å². The summed E-state index contributed by atoms with van der Waals surface area (Å²) in [5.74, 6) is -1.37. The van der Waals surface area contributed by atoms with Gasteiger partial charge in [-0.05, 0) is 43.3 Å². The lowest BCUT2D eigenvalue weighted by molar-refractivity contribution is -0.122. The zero-order valence-corrected chi connectivity index (χ0v) is 14.0. The number of halogens is 2. The molecule has 1 heterocycles. The van der Waals surface area contributed by atoms with Crippen LogP contribution >= 0.6 is 11.8 Å². The predicted molar refractivity (Wildman–Crippen MR) is 90.9 cm³/mol. The van der Waals surface area contributed by atoms with E-state index in [1.807, 2.05) is 0 Å². The van der Waals surface area contributed by atoms with Crippen molar-refractivity contribution >= 4 is 35.0 Å². The Morgan fingerprint density at radius 3 is 2.88 bits per heavy atom. The Kier molecular flexibility index (Phi) is 4.89. The maximum atomic E-state index is 13.5. The van der Waals surface area contributed by atoms with Crippen LogP contribution in [0.5, 0.6) is 5.75 Å². The number of benzene rings is 2. The SMILES string of the molecule is C[C@@H]1Oc2ccc(NC(=O)CSc3cc(F)ccc3F)cc2NC1=O. The smallest absolute Gasteiger partial charge is 0.265 e. The first kappa shape index (κ1) is 17.2. The zero-order chi connectivity index (χ0) is 18.0. The summed E-state index contributed by atoms with van der Waals surface area (Å²) in [5, 5.41) is 5.32. The van der Waals surface area contributed by atoms with Crippen LogP contribution < -0.4 is 15.4 Å². The normalized spacial score (nSPS) is 15.8.